The molecule has 8 nitrogen and oxygen atoms in total. The van der Waals surface area contributed by atoms with Crippen molar-refractivity contribution in [2.75, 3.05) is 0 Å². The van der Waals surface area contributed by atoms with E-state index in [0.717, 1.165) is 16.7 Å². The molecule has 0 bridgehead atoms. The van der Waals surface area contributed by atoms with Crippen LogP contribution in [0.15, 0.2) is 36.7 Å². The summed E-state index contributed by atoms with van der Waals surface area (Å²) < 4.78 is 0. The van der Waals surface area contributed by atoms with Crippen molar-refractivity contribution in [3.05, 3.63) is 48.0 Å². The summed E-state index contributed by atoms with van der Waals surface area (Å²) in [5.74, 6) is -1.41. The van der Waals surface area contributed by atoms with Gasteiger partial charge in [0.05, 0.1) is 12.1 Å². The van der Waals surface area contributed by atoms with Gasteiger partial charge in [-0.1, -0.05) is 43.3 Å². The molecule has 0 unspecified atom stereocenters. The minimum Gasteiger partial charge on any atom is -0.481 e. The molecule has 0 aliphatic carbocycles. The van der Waals surface area contributed by atoms with Crippen molar-refractivity contribution in [3.63, 3.8) is 0 Å². The molecule has 8 heteroatoms. The van der Waals surface area contributed by atoms with Crippen LogP contribution in [0.25, 0.3) is 11.1 Å². The number of rotatable bonds is 7. The Balaban J connectivity index is 1.86. The molecule has 130 valence electrons. The molecule has 0 radical (unpaired) electrons. The van der Waals surface area contributed by atoms with E-state index in [1.165, 1.54) is 0 Å². The van der Waals surface area contributed by atoms with Gasteiger partial charge in [-0.3, -0.25) is 9.89 Å². The molecular formula is C17H20N6O2. The molecule has 0 fully saturated rings. The summed E-state index contributed by atoms with van der Waals surface area (Å²) in [7, 11) is 0. The summed E-state index contributed by atoms with van der Waals surface area (Å²) >= 11 is 0. The SMILES string of the molecule is CC(C)[C@H](C(=O)O)[C@H](Cc1ccc(-c2cn[nH]c2)cc1)c1nn[nH]n1. The molecule has 0 aliphatic rings. The number of aromatic amines is 2. The normalized spacial score (nSPS) is 13.7. The van der Waals surface area contributed by atoms with Crippen LogP contribution < -0.4 is 0 Å². The molecule has 0 spiro atoms. The second-order valence-corrected chi connectivity index (χ2v) is 6.37. The zero-order valence-electron chi connectivity index (χ0n) is 14.0. The fourth-order valence-corrected chi connectivity index (χ4v) is 3.12. The van der Waals surface area contributed by atoms with Gasteiger partial charge in [-0.2, -0.15) is 10.3 Å². The predicted molar refractivity (Wildman–Crippen MR) is 90.6 cm³/mol. The molecule has 2 heterocycles. The highest BCUT2D eigenvalue weighted by molar-refractivity contribution is 5.71. The number of benzene rings is 1. The van der Waals surface area contributed by atoms with E-state index in [2.05, 4.69) is 30.8 Å². The number of tetrazole rings is 1. The third-order valence-electron chi connectivity index (χ3n) is 4.37. The molecule has 3 aromatic rings. The van der Waals surface area contributed by atoms with E-state index >= 15 is 0 Å². The van der Waals surface area contributed by atoms with Crippen LogP contribution >= 0.6 is 0 Å². The Morgan fingerprint density at radius 2 is 1.96 bits per heavy atom. The lowest BCUT2D eigenvalue weighted by molar-refractivity contribution is -0.144. The Bertz CT molecular complexity index is 796. The van der Waals surface area contributed by atoms with E-state index < -0.39 is 11.9 Å². The maximum absolute atomic E-state index is 11.8. The van der Waals surface area contributed by atoms with E-state index in [9.17, 15) is 9.90 Å². The maximum Gasteiger partial charge on any atom is 0.307 e. The van der Waals surface area contributed by atoms with Crippen molar-refractivity contribution < 1.29 is 9.90 Å². The van der Waals surface area contributed by atoms with E-state index in [1.807, 2.05) is 44.3 Å². The standard InChI is InChI=1S/C17H20N6O2/c1-10(2)15(17(24)25)14(16-20-22-23-21-16)7-11-3-5-12(6-4-11)13-8-18-19-9-13/h3-6,8-10,14-15H,7H2,1-2H3,(H,18,19)(H,24,25)(H,20,21,22,23)/t14-,15-/m0/s1. The highest BCUT2D eigenvalue weighted by Gasteiger charge is 2.34. The number of carboxylic acids is 1. The molecular weight excluding hydrogens is 320 g/mol. The summed E-state index contributed by atoms with van der Waals surface area (Å²) in [5.41, 5.74) is 3.08. The first-order valence-corrected chi connectivity index (χ1v) is 8.10. The smallest absolute Gasteiger partial charge is 0.307 e. The summed E-state index contributed by atoms with van der Waals surface area (Å²) in [6.45, 7) is 3.79. The predicted octanol–water partition coefficient (Wildman–Crippen LogP) is 2.27. The van der Waals surface area contributed by atoms with Gasteiger partial charge >= 0.3 is 5.97 Å². The van der Waals surface area contributed by atoms with Gasteiger partial charge in [0.2, 0.25) is 0 Å². The highest BCUT2D eigenvalue weighted by atomic mass is 16.4. The molecule has 0 saturated carbocycles. The fourth-order valence-electron chi connectivity index (χ4n) is 3.12. The number of carboxylic acid groups (broad SMARTS) is 1. The third-order valence-corrected chi connectivity index (χ3v) is 4.37. The van der Waals surface area contributed by atoms with Crippen LogP contribution in [0.4, 0.5) is 0 Å². The Morgan fingerprint density at radius 3 is 2.48 bits per heavy atom. The number of nitrogens with one attached hydrogen (secondary N) is 2. The lowest BCUT2D eigenvalue weighted by Gasteiger charge is -2.24. The zero-order chi connectivity index (χ0) is 17.8. The van der Waals surface area contributed by atoms with Crippen LogP contribution in [0.5, 0.6) is 0 Å². The molecule has 25 heavy (non-hydrogen) atoms. The minimum absolute atomic E-state index is 0.0498. The Kier molecular flexibility index (Phi) is 4.87. The van der Waals surface area contributed by atoms with Crippen LogP contribution in [0, 0.1) is 11.8 Å². The van der Waals surface area contributed by atoms with Gasteiger partial charge in [-0.25, -0.2) is 0 Å². The number of H-pyrrole nitrogens is 2. The van der Waals surface area contributed by atoms with Gasteiger partial charge in [-0.05, 0) is 23.5 Å². The van der Waals surface area contributed by atoms with E-state index in [4.69, 9.17) is 0 Å². The molecule has 0 aliphatic heterocycles. The monoisotopic (exact) mass is 340 g/mol. The first kappa shape index (κ1) is 16.8. The molecule has 0 amide bonds. The van der Waals surface area contributed by atoms with Crippen LogP contribution in [-0.2, 0) is 11.2 Å². The maximum atomic E-state index is 11.8. The van der Waals surface area contributed by atoms with Crippen molar-refractivity contribution in [2.24, 2.45) is 11.8 Å². The van der Waals surface area contributed by atoms with Crippen molar-refractivity contribution >= 4 is 5.97 Å². The Labute approximate surface area is 144 Å². The zero-order valence-corrected chi connectivity index (χ0v) is 14.0. The Morgan fingerprint density at radius 1 is 1.20 bits per heavy atom. The van der Waals surface area contributed by atoms with Crippen LogP contribution in [0.1, 0.15) is 31.2 Å². The lowest BCUT2D eigenvalue weighted by Crippen LogP contribution is -2.29. The van der Waals surface area contributed by atoms with E-state index in [0.29, 0.717) is 12.2 Å². The van der Waals surface area contributed by atoms with Crippen LogP contribution in [0.2, 0.25) is 0 Å². The highest BCUT2D eigenvalue weighted by Crippen LogP contribution is 2.32. The van der Waals surface area contributed by atoms with Crippen LogP contribution in [-0.4, -0.2) is 41.9 Å². The first-order chi connectivity index (χ1) is 12.1. The summed E-state index contributed by atoms with van der Waals surface area (Å²) in [5, 5.41) is 30.5. The molecule has 1 aromatic carbocycles. The van der Waals surface area contributed by atoms with Gasteiger partial charge in [0.25, 0.3) is 0 Å². The number of carbonyl (C=O) groups is 1. The quantitative estimate of drug-likeness (QED) is 0.607. The fraction of sp³-hybridized carbons (Fsp3) is 0.353. The number of aromatic nitrogens is 6. The second-order valence-electron chi connectivity index (χ2n) is 6.37. The van der Waals surface area contributed by atoms with Gasteiger partial charge in [0, 0.05) is 17.7 Å². The number of aliphatic carboxylic acids is 1. The second kappa shape index (κ2) is 7.25. The number of hydrogen-bond acceptors (Lipinski definition) is 5. The van der Waals surface area contributed by atoms with Gasteiger partial charge in [-0.15, -0.1) is 10.2 Å². The lowest BCUT2D eigenvalue weighted by atomic mass is 9.79. The van der Waals surface area contributed by atoms with E-state index in [1.54, 1.807) is 6.20 Å². The molecule has 2 atom stereocenters. The van der Waals surface area contributed by atoms with Crippen molar-refractivity contribution in [1.82, 2.24) is 30.8 Å². The van der Waals surface area contributed by atoms with Gasteiger partial charge in [0.1, 0.15) is 0 Å². The van der Waals surface area contributed by atoms with E-state index in [-0.39, 0.29) is 11.8 Å². The number of hydrogen-bond donors (Lipinski definition) is 3. The van der Waals surface area contributed by atoms with Crippen molar-refractivity contribution in [2.45, 2.75) is 26.2 Å². The molecule has 3 rings (SSSR count). The Hall–Kier alpha value is -3.03. The largest absolute Gasteiger partial charge is 0.481 e. The van der Waals surface area contributed by atoms with Crippen molar-refractivity contribution in [3.8, 4) is 11.1 Å². The van der Waals surface area contributed by atoms with Gasteiger partial charge < -0.3 is 5.11 Å². The average Bonchev–Trinajstić information content (AvgIpc) is 3.28. The topological polar surface area (TPSA) is 120 Å². The van der Waals surface area contributed by atoms with Gasteiger partial charge in [0.15, 0.2) is 5.82 Å². The number of nitrogens with zero attached hydrogens (tertiary/aromatic N) is 4. The molecule has 2 aromatic heterocycles. The summed E-state index contributed by atoms with van der Waals surface area (Å²) in [4.78, 5) is 11.8. The average molecular weight is 340 g/mol. The first-order valence-electron chi connectivity index (χ1n) is 8.10. The van der Waals surface area contributed by atoms with Crippen LogP contribution in [0.3, 0.4) is 0 Å². The molecule has 0 saturated heterocycles. The summed E-state index contributed by atoms with van der Waals surface area (Å²) in [6.07, 6.45) is 4.12. The molecule has 3 N–H and O–H groups in total. The minimum atomic E-state index is -0.847. The summed E-state index contributed by atoms with van der Waals surface area (Å²) in [6, 6.07) is 7.99. The third kappa shape index (κ3) is 3.73. The van der Waals surface area contributed by atoms with Crippen molar-refractivity contribution in [1.29, 1.82) is 0 Å².